The molecule has 0 atom stereocenters. The molecule has 3 rings (SSSR count). The van der Waals surface area contributed by atoms with Gasteiger partial charge in [-0.2, -0.15) is 5.10 Å². The van der Waals surface area contributed by atoms with E-state index < -0.39 is 5.97 Å². The third kappa shape index (κ3) is 4.98. The molecule has 1 amide bonds. The zero-order valence-corrected chi connectivity index (χ0v) is 16.2. The Balaban J connectivity index is 1.66. The molecule has 0 bridgehead atoms. The molecule has 3 heterocycles. The molecule has 0 aliphatic carbocycles. The molecule has 28 heavy (non-hydrogen) atoms. The molecule has 0 radical (unpaired) electrons. The van der Waals surface area contributed by atoms with Crippen LogP contribution in [0.4, 0.5) is 0 Å². The predicted octanol–water partition coefficient (Wildman–Crippen LogP) is 1.50. The number of carbonyl (C=O) groups is 2. The fourth-order valence-corrected chi connectivity index (χ4v) is 3.23. The van der Waals surface area contributed by atoms with Crippen molar-refractivity contribution in [3.63, 3.8) is 0 Å². The lowest BCUT2D eigenvalue weighted by Crippen LogP contribution is -2.26. The molecule has 2 aromatic heterocycles. The molecule has 2 aromatic rings. The highest BCUT2D eigenvalue weighted by Crippen LogP contribution is 2.19. The molecule has 0 unspecified atom stereocenters. The largest absolute Gasteiger partial charge is 0.461 e. The predicted molar refractivity (Wildman–Crippen MR) is 101 cm³/mol. The van der Waals surface area contributed by atoms with Gasteiger partial charge in [0, 0.05) is 32.7 Å². The van der Waals surface area contributed by atoms with Crippen LogP contribution < -0.4 is 5.32 Å². The molecule has 0 fully saturated rings. The maximum absolute atomic E-state index is 12.7. The Morgan fingerprint density at radius 1 is 1.36 bits per heavy atom. The summed E-state index contributed by atoms with van der Waals surface area (Å²) in [7, 11) is 0. The maximum atomic E-state index is 12.7. The Morgan fingerprint density at radius 2 is 2.21 bits per heavy atom. The molecule has 0 saturated heterocycles. The molecule has 0 aromatic carbocycles. The lowest BCUT2D eigenvalue weighted by Gasteiger charge is -2.10. The van der Waals surface area contributed by atoms with E-state index >= 15 is 0 Å². The van der Waals surface area contributed by atoms with Crippen LogP contribution in [0.15, 0.2) is 12.5 Å². The number of carbonyl (C=O) groups excluding carboxylic acids is 2. The second kappa shape index (κ2) is 10.0. The van der Waals surface area contributed by atoms with Crippen LogP contribution >= 0.6 is 0 Å². The highest BCUT2D eigenvalue weighted by Gasteiger charge is 2.22. The second-order valence-electron chi connectivity index (χ2n) is 6.63. The topological polar surface area (TPSA) is 111 Å². The third-order valence-corrected chi connectivity index (χ3v) is 4.61. The van der Waals surface area contributed by atoms with E-state index in [9.17, 15) is 9.59 Å². The number of aromatic amines is 1. The van der Waals surface area contributed by atoms with Crippen LogP contribution in [-0.2, 0) is 28.9 Å². The van der Waals surface area contributed by atoms with Crippen LogP contribution in [0.3, 0.4) is 0 Å². The van der Waals surface area contributed by atoms with Gasteiger partial charge in [-0.15, -0.1) is 0 Å². The summed E-state index contributed by atoms with van der Waals surface area (Å²) in [5.41, 5.74) is 2.76. The number of nitrogens with zero attached hydrogens (tertiary/aromatic N) is 3. The van der Waals surface area contributed by atoms with Crippen molar-refractivity contribution in [3.8, 4) is 0 Å². The molecule has 1 aliphatic heterocycles. The van der Waals surface area contributed by atoms with Gasteiger partial charge in [-0.3, -0.25) is 9.48 Å². The summed E-state index contributed by atoms with van der Waals surface area (Å²) in [5, 5.41) is 7.62. The smallest absolute Gasteiger partial charge is 0.356 e. The number of esters is 1. The molecule has 0 spiro atoms. The number of fused-ring (bicyclic) bond motifs is 1. The molecule has 1 aliphatic rings. The van der Waals surface area contributed by atoms with Crippen LogP contribution in [0, 0.1) is 0 Å². The number of rotatable bonds is 6. The highest BCUT2D eigenvalue weighted by atomic mass is 16.5. The monoisotopic (exact) mass is 389 g/mol. The number of hydrogen-bond acceptors (Lipinski definition) is 6. The standard InChI is InChI=1S/C19H27N5O4/c1-2-14-17-16(6-3-9-27-10-4-7-21-18(17)25)24(23-14)8-5-11-28-19(26)15-12-20-13-22-15/h12-13H,2-11H2,1H3,(H,20,22)(H,21,25). The Morgan fingerprint density at radius 3 is 3.00 bits per heavy atom. The van der Waals surface area contributed by atoms with Gasteiger partial charge in [-0.05, 0) is 25.7 Å². The molecule has 2 N–H and O–H groups in total. The van der Waals surface area contributed by atoms with Crippen LogP contribution in [0.25, 0.3) is 0 Å². The number of H-pyrrole nitrogens is 1. The van der Waals surface area contributed by atoms with E-state index in [4.69, 9.17) is 9.47 Å². The van der Waals surface area contributed by atoms with Gasteiger partial charge in [-0.1, -0.05) is 6.92 Å². The Hall–Kier alpha value is -2.68. The van der Waals surface area contributed by atoms with Crippen molar-refractivity contribution in [1.29, 1.82) is 0 Å². The van der Waals surface area contributed by atoms with E-state index in [2.05, 4.69) is 20.4 Å². The van der Waals surface area contributed by atoms with E-state index in [-0.39, 0.29) is 12.5 Å². The first-order chi connectivity index (χ1) is 13.7. The van der Waals surface area contributed by atoms with Crippen molar-refractivity contribution in [2.75, 3.05) is 26.4 Å². The SMILES string of the molecule is CCc1nn(CCCOC(=O)c2cnc[nH]2)c2c1C(=O)NCCCOCCC2. The average Bonchev–Trinajstić information content (AvgIpc) is 3.34. The number of hydrogen-bond donors (Lipinski definition) is 2. The fourth-order valence-electron chi connectivity index (χ4n) is 3.23. The lowest BCUT2D eigenvalue weighted by molar-refractivity contribution is 0.0488. The first-order valence-electron chi connectivity index (χ1n) is 9.80. The van der Waals surface area contributed by atoms with Gasteiger partial charge >= 0.3 is 5.97 Å². The average molecular weight is 389 g/mol. The summed E-state index contributed by atoms with van der Waals surface area (Å²) in [6.45, 7) is 4.76. The number of ether oxygens (including phenoxy) is 2. The third-order valence-electron chi connectivity index (χ3n) is 4.61. The fraction of sp³-hybridized carbons (Fsp3) is 0.579. The van der Waals surface area contributed by atoms with Gasteiger partial charge in [0.2, 0.25) is 0 Å². The quantitative estimate of drug-likeness (QED) is 0.572. The van der Waals surface area contributed by atoms with E-state index in [1.54, 1.807) is 0 Å². The van der Waals surface area contributed by atoms with E-state index in [1.807, 2.05) is 11.6 Å². The molecular weight excluding hydrogens is 362 g/mol. The Bertz CT molecular complexity index is 785. The van der Waals surface area contributed by atoms with Gasteiger partial charge in [0.15, 0.2) is 0 Å². The number of imidazole rings is 1. The highest BCUT2D eigenvalue weighted by molar-refractivity contribution is 5.96. The normalized spacial score (nSPS) is 15.4. The molecule has 9 nitrogen and oxygen atoms in total. The molecule has 152 valence electrons. The maximum Gasteiger partial charge on any atom is 0.356 e. The number of aryl methyl sites for hydroxylation is 2. The summed E-state index contributed by atoms with van der Waals surface area (Å²) in [5.74, 6) is -0.492. The summed E-state index contributed by atoms with van der Waals surface area (Å²) in [4.78, 5) is 31.1. The molecule has 9 heteroatoms. The van der Waals surface area contributed by atoms with E-state index in [0.717, 1.165) is 30.7 Å². The number of amides is 1. The first-order valence-corrected chi connectivity index (χ1v) is 9.80. The zero-order valence-electron chi connectivity index (χ0n) is 16.2. The van der Waals surface area contributed by atoms with Gasteiger partial charge < -0.3 is 19.8 Å². The minimum absolute atomic E-state index is 0.0642. The Kier molecular flexibility index (Phi) is 7.18. The summed E-state index contributed by atoms with van der Waals surface area (Å²) >= 11 is 0. The minimum atomic E-state index is -0.428. The van der Waals surface area contributed by atoms with E-state index in [0.29, 0.717) is 50.4 Å². The first kappa shape index (κ1) is 20.1. The van der Waals surface area contributed by atoms with Crippen molar-refractivity contribution >= 4 is 11.9 Å². The molecular formula is C19H27N5O4. The zero-order chi connectivity index (χ0) is 19.8. The van der Waals surface area contributed by atoms with E-state index in [1.165, 1.54) is 12.5 Å². The summed E-state index contributed by atoms with van der Waals surface area (Å²) in [6, 6.07) is 0. The molecule has 0 saturated carbocycles. The van der Waals surface area contributed by atoms with Crippen molar-refractivity contribution in [1.82, 2.24) is 25.1 Å². The number of nitrogens with one attached hydrogen (secondary N) is 2. The summed E-state index contributed by atoms with van der Waals surface area (Å²) in [6.07, 6.45) is 6.53. The summed E-state index contributed by atoms with van der Waals surface area (Å²) < 4.78 is 12.7. The second-order valence-corrected chi connectivity index (χ2v) is 6.63. The van der Waals surface area contributed by atoms with Crippen molar-refractivity contribution < 1.29 is 19.1 Å². The van der Waals surface area contributed by atoms with Crippen molar-refractivity contribution in [2.45, 2.75) is 45.6 Å². The van der Waals surface area contributed by atoms with Crippen LogP contribution in [-0.4, -0.2) is 58.0 Å². The van der Waals surface area contributed by atoms with Crippen LogP contribution in [0.5, 0.6) is 0 Å². The Labute approximate surface area is 163 Å². The number of aromatic nitrogens is 4. The van der Waals surface area contributed by atoms with Gasteiger partial charge in [-0.25, -0.2) is 9.78 Å². The lowest BCUT2D eigenvalue weighted by atomic mass is 10.1. The van der Waals surface area contributed by atoms with Gasteiger partial charge in [0.1, 0.15) is 5.69 Å². The minimum Gasteiger partial charge on any atom is -0.461 e. The van der Waals surface area contributed by atoms with Gasteiger partial charge in [0.05, 0.1) is 36.1 Å². The van der Waals surface area contributed by atoms with Crippen molar-refractivity contribution in [3.05, 3.63) is 35.2 Å². The van der Waals surface area contributed by atoms with Gasteiger partial charge in [0.25, 0.3) is 5.91 Å². The van der Waals surface area contributed by atoms with Crippen LogP contribution in [0.2, 0.25) is 0 Å². The van der Waals surface area contributed by atoms with Crippen LogP contribution in [0.1, 0.15) is 58.4 Å². The van der Waals surface area contributed by atoms with Crippen molar-refractivity contribution in [2.24, 2.45) is 0 Å².